The smallest absolute Gasteiger partial charge is 0.408 e. The van der Waals surface area contributed by atoms with Crippen molar-refractivity contribution in [2.45, 2.75) is 25.4 Å². The molecule has 0 aliphatic heterocycles. The molecule has 0 spiro atoms. The fraction of sp³-hybridized carbons (Fsp3) is 0.300. The summed E-state index contributed by atoms with van der Waals surface area (Å²) in [6.45, 7) is 2.42. The van der Waals surface area contributed by atoms with E-state index in [1.54, 1.807) is 0 Å². The fourth-order valence-corrected chi connectivity index (χ4v) is 2.62. The lowest BCUT2D eigenvalue weighted by molar-refractivity contribution is -0.151. The lowest BCUT2D eigenvalue weighted by Crippen LogP contribution is -2.38. The maximum Gasteiger partial charge on any atom is 0.408 e. The van der Waals surface area contributed by atoms with Crippen LogP contribution in [-0.4, -0.2) is 31.8 Å². The van der Waals surface area contributed by atoms with Crippen LogP contribution < -0.4 is 5.32 Å². The number of ether oxygens (including phenoxy) is 2. The zero-order valence-electron chi connectivity index (χ0n) is 14.5. The van der Waals surface area contributed by atoms with Crippen LogP contribution in [0.5, 0.6) is 0 Å². The number of benzene rings is 2. The van der Waals surface area contributed by atoms with Crippen LogP contribution in [0.3, 0.4) is 0 Å². The van der Waals surface area contributed by atoms with E-state index in [9.17, 15) is 9.59 Å². The molecule has 1 atom stereocenters. The van der Waals surface area contributed by atoms with Gasteiger partial charge in [0.15, 0.2) is 0 Å². The summed E-state index contributed by atoms with van der Waals surface area (Å²) >= 11 is 0. The maximum absolute atomic E-state index is 12.4. The second-order valence-electron chi connectivity index (χ2n) is 5.57. The number of amides is 1. The number of nitrogens with one attached hydrogen (secondary N) is 1. The van der Waals surface area contributed by atoms with Crippen molar-refractivity contribution in [3.05, 3.63) is 71.8 Å². The quantitative estimate of drug-likeness (QED) is 0.783. The Morgan fingerprint density at radius 1 is 0.960 bits per heavy atom. The highest BCUT2D eigenvalue weighted by Gasteiger charge is 2.35. The Labute approximate surface area is 148 Å². The molecular formula is C20H23NO4. The van der Waals surface area contributed by atoms with Crippen molar-refractivity contribution in [2.24, 2.45) is 0 Å². The topological polar surface area (TPSA) is 64.6 Å². The van der Waals surface area contributed by atoms with E-state index in [-0.39, 0.29) is 0 Å². The minimum absolute atomic E-state index is 0.456. The van der Waals surface area contributed by atoms with Crippen molar-refractivity contribution in [1.82, 2.24) is 5.32 Å². The van der Waals surface area contributed by atoms with Crippen LogP contribution in [0.2, 0.25) is 0 Å². The highest BCUT2D eigenvalue weighted by atomic mass is 16.6. The van der Waals surface area contributed by atoms with Crippen LogP contribution in [0.15, 0.2) is 60.7 Å². The molecule has 0 aliphatic carbocycles. The molecule has 2 rings (SSSR count). The van der Waals surface area contributed by atoms with E-state index in [1.807, 2.05) is 67.6 Å². The van der Waals surface area contributed by atoms with Crippen molar-refractivity contribution >= 4 is 12.1 Å². The lowest BCUT2D eigenvalue weighted by Gasteiger charge is -2.26. The molecule has 0 unspecified atom stereocenters. The summed E-state index contributed by atoms with van der Waals surface area (Å²) in [5.41, 5.74) is 1.74. The Bertz CT molecular complexity index is 633. The number of alkyl carbamates (subject to hydrolysis) is 1. The van der Waals surface area contributed by atoms with Crippen molar-refractivity contribution in [3.63, 3.8) is 0 Å². The molecule has 1 N–H and O–H groups in total. The summed E-state index contributed by atoms with van der Waals surface area (Å²) < 4.78 is 10.3. The Kier molecular flexibility index (Phi) is 7.01. The summed E-state index contributed by atoms with van der Waals surface area (Å²) in [5, 5.41) is 2.63. The zero-order chi connectivity index (χ0) is 18.1. The second kappa shape index (κ2) is 9.47. The molecule has 2 aromatic rings. The number of rotatable bonds is 7. The van der Waals surface area contributed by atoms with Crippen molar-refractivity contribution < 1.29 is 19.1 Å². The van der Waals surface area contributed by atoms with Gasteiger partial charge in [-0.2, -0.15) is 0 Å². The fourth-order valence-electron chi connectivity index (χ4n) is 2.62. The maximum atomic E-state index is 12.4. The molecule has 5 nitrogen and oxygen atoms in total. The Balaban J connectivity index is 2.39. The van der Waals surface area contributed by atoms with E-state index in [0.29, 0.717) is 6.54 Å². The van der Waals surface area contributed by atoms with E-state index >= 15 is 0 Å². The first kappa shape index (κ1) is 18.5. The molecule has 0 radical (unpaired) electrons. The number of hydrogen-bond donors (Lipinski definition) is 1. The zero-order valence-corrected chi connectivity index (χ0v) is 14.5. The second-order valence-corrected chi connectivity index (χ2v) is 5.57. The average molecular weight is 341 g/mol. The Morgan fingerprint density at radius 2 is 1.48 bits per heavy atom. The highest BCUT2D eigenvalue weighted by Crippen LogP contribution is 2.30. The molecule has 0 aromatic heterocycles. The predicted molar refractivity (Wildman–Crippen MR) is 95.3 cm³/mol. The molecule has 0 saturated carbocycles. The van der Waals surface area contributed by atoms with Gasteiger partial charge in [-0.05, 0) is 17.5 Å². The van der Waals surface area contributed by atoms with Crippen LogP contribution >= 0.6 is 0 Å². The summed E-state index contributed by atoms with van der Waals surface area (Å²) in [6.07, 6.45) is -0.931. The van der Waals surface area contributed by atoms with Crippen LogP contribution in [-0.2, 0) is 14.3 Å². The lowest BCUT2D eigenvalue weighted by atomic mass is 9.86. The van der Waals surface area contributed by atoms with Crippen LogP contribution in [0, 0.1) is 0 Å². The van der Waals surface area contributed by atoms with Crippen molar-refractivity contribution in [3.8, 4) is 0 Å². The molecule has 0 bridgehead atoms. The molecule has 0 heterocycles. The van der Waals surface area contributed by atoms with Gasteiger partial charge in [0.25, 0.3) is 0 Å². The molecule has 0 saturated heterocycles. The molecular weight excluding hydrogens is 318 g/mol. The van der Waals surface area contributed by atoms with Gasteiger partial charge >= 0.3 is 12.1 Å². The van der Waals surface area contributed by atoms with Gasteiger partial charge in [0, 0.05) is 6.54 Å². The number of carbonyl (C=O) groups excluding carboxylic acids is 2. The van der Waals surface area contributed by atoms with Crippen LogP contribution in [0.1, 0.15) is 30.4 Å². The molecule has 5 heteroatoms. The van der Waals surface area contributed by atoms with Gasteiger partial charge in [-0.15, -0.1) is 0 Å². The third kappa shape index (κ3) is 5.08. The predicted octanol–water partition coefficient (Wildman–Crippen LogP) is 3.50. The summed E-state index contributed by atoms with van der Waals surface area (Å²) in [6, 6.07) is 19.0. The van der Waals surface area contributed by atoms with E-state index in [4.69, 9.17) is 9.47 Å². The number of methoxy groups -OCH3 is 1. The minimum Gasteiger partial charge on any atom is -0.466 e. The van der Waals surface area contributed by atoms with Gasteiger partial charge in [-0.25, -0.2) is 9.59 Å². The molecule has 0 aliphatic rings. The summed E-state index contributed by atoms with van der Waals surface area (Å²) in [5.74, 6) is -1.05. The Hall–Kier alpha value is -2.82. The molecule has 132 valence electrons. The first-order valence-corrected chi connectivity index (χ1v) is 8.29. The highest BCUT2D eigenvalue weighted by molar-refractivity contribution is 5.80. The van der Waals surface area contributed by atoms with E-state index in [1.165, 1.54) is 7.11 Å². The monoisotopic (exact) mass is 341 g/mol. The van der Waals surface area contributed by atoms with Gasteiger partial charge in [-0.1, -0.05) is 67.6 Å². The van der Waals surface area contributed by atoms with E-state index in [0.717, 1.165) is 17.5 Å². The average Bonchev–Trinajstić information content (AvgIpc) is 2.67. The molecule has 2 aromatic carbocycles. The van der Waals surface area contributed by atoms with Crippen LogP contribution in [0.4, 0.5) is 4.79 Å². The number of carbonyl (C=O) groups is 2. The summed E-state index contributed by atoms with van der Waals surface area (Å²) in [7, 11) is 1.29. The normalized spacial score (nSPS) is 11.6. The third-order valence-corrected chi connectivity index (χ3v) is 3.81. The van der Waals surface area contributed by atoms with E-state index in [2.05, 4.69) is 5.32 Å². The van der Waals surface area contributed by atoms with Gasteiger partial charge < -0.3 is 14.8 Å². The summed E-state index contributed by atoms with van der Waals surface area (Å²) in [4.78, 5) is 24.4. The van der Waals surface area contributed by atoms with Crippen molar-refractivity contribution in [1.29, 1.82) is 0 Å². The Morgan fingerprint density at radius 3 is 1.92 bits per heavy atom. The van der Waals surface area contributed by atoms with E-state index < -0.39 is 24.1 Å². The van der Waals surface area contributed by atoms with Gasteiger partial charge in [0.05, 0.1) is 13.0 Å². The van der Waals surface area contributed by atoms with Gasteiger partial charge in [-0.3, -0.25) is 0 Å². The van der Waals surface area contributed by atoms with Gasteiger partial charge in [0.2, 0.25) is 6.10 Å². The minimum atomic E-state index is -1.08. The van der Waals surface area contributed by atoms with Crippen LogP contribution in [0.25, 0.3) is 0 Å². The number of esters is 1. The largest absolute Gasteiger partial charge is 0.466 e. The molecule has 1 amide bonds. The molecule has 0 fully saturated rings. The standard InChI is InChI=1S/C20H23NO4/c1-3-14-21-20(23)25-18(19(22)24-2)17(15-10-6-4-7-11-15)16-12-8-5-9-13-16/h4-13,17-18H,3,14H2,1-2H3,(H,21,23)/t18-/m0/s1. The number of hydrogen-bond acceptors (Lipinski definition) is 4. The third-order valence-electron chi connectivity index (χ3n) is 3.81. The molecule has 25 heavy (non-hydrogen) atoms. The van der Waals surface area contributed by atoms with Crippen molar-refractivity contribution in [2.75, 3.05) is 13.7 Å². The first-order chi connectivity index (χ1) is 12.2. The SMILES string of the molecule is CCCNC(=O)O[C@H](C(=O)OC)C(c1ccccc1)c1ccccc1. The van der Waals surface area contributed by atoms with Gasteiger partial charge in [0.1, 0.15) is 0 Å². The first-order valence-electron chi connectivity index (χ1n) is 8.29.